The summed E-state index contributed by atoms with van der Waals surface area (Å²) >= 11 is 13.0. The lowest BCUT2D eigenvalue weighted by Gasteiger charge is -2.04. The van der Waals surface area contributed by atoms with Crippen molar-refractivity contribution in [3.05, 3.63) is 51.2 Å². The number of halogens is 2. The molecule has 2 aromatic heterocycles. The standard InChI is InChI=1S/C13H8BrClN2S2/c14-9-3-1-2-4-10(9)19-7-11-16-12(15)8-5-6-18-13(8)17-11/h1-6H,7H2. The molecule has 0 aliphatic rings. The minimum atomic E-state index is 0.536. The Morgan fingerprint density at radius 1 is 1.21 bits per heavy atom. The van der Waals surface area contributed by atoms with E-state index in [9.17, 15) is 0 Å². The lowest BCUT2D eigenvalue weighted by Crippen LogP contribution is -1.92. The molecule has 0 fully saturated rings. The number of fused-ring (bicyclic) bond motifs is 1. The average Bonchev–Trinajstić information content (AvgIpc) is 2.87. The number of thiophene rings is 1. The highest BCUT2D eigenvalue weighted by Crippen LogP contribution is 2.30. The first-order chi connectivity index (χ1) is 9.24. The number of rotatable bonds is 3. The lowest BCUT2D eigenvalue weighted by atomic mass is 10.4. The van der Waals surface area contributed by atoms with Crippen LogP contribution in [0.2, 0.25) is 5.15 Å². The fourth-order valence-electron chi connectivity index (χ4n) is 1.63. The normalized spacial score (nSPS) is 11.1. The van der Waals surface area contributed by atoms with Gasteiger partial charge in [-0.05, 0) is 39.5 Å². The van der Waals surface area contributed by atoms with Gasteiger partial charge in [-0.15, -0.1) is 23.1 Å². The largest absolute Gasteiger partial charge is 0.221 e. The lowest BCUT2D eigenvalue weighted by molar-refractivity contribution is 1.07. The van der Waals surface area contributed by atoms with E-state index in [0.717, 1.165) is 20.5 Å². The van der Waals surface area contributed by atoms with Gasteiger partial charge >= 0.3 is 0 Å². The molecule has 2 nitrogen and oxygen atoms in total. The van der Waals surface area contributed by atoms with Crippen LogP contribution >= 0.6 is 50.6 Å². The fraction of sp³-hybridized carbons (Fsp3) is 0.0769. The zero-order valence-electron chi connectivity index (χ0n) is 9.64. The van der Waals surface area contributed by atoms with Crippen LogP contribution in [0.5, 0.6) is 0 Å². The van der Waals surface area contributed by atoms with Crippen LogP contribution in [0.15, 0.2) is 45.1 Å². The first kappa shape index (κ1) is 13.4. The molecule has 0 atom stereocenters. The fourth-order valence-corrected chi connectivity index (χ4v) is 4.14. The second-order valence-corrected chi connectivity index (χ2v) is 6.91. The van der Waals surface area contributed by atoms with Gasteiger partial charge < -0.3 is 0 Å². The summed E-state index contributed by atoms with van der Waals surface area (Å²) in [5, 5.41) is 3.45. The van der Waals surface area contributed by atoms with E-state index in [1.54, 1.807) is 23.1 Å². The van der Waals surface area contributed by atoms with E-state index in [0.29, 0.717) is 10.9 Å². The monoisotopic (exact) mass is 370 g/mol. The molecule has 2 heterocycles. The minimum Gasteiger partial charge on any atom is -0.221 e. The number of hydrogen-bond donors (Lipinski definition) is 0. The highest BCUT2D eigenvalue weighted by Gasteiger charge is 2.08. The summed E-state index contributed by atoms with van der Waals surface area (Å²) in [5.74, 6) is 1.47. The molecule has 0 aliphatic heterocycles. The van der Waals surface area contributed by atoms with E-state index in [4.69, 9.17) is 11.6 Å². The second kappa shape index (κ2) is 5.79. The molecule has 3 rings (SSSR count). The Hall–Kier alpha value is -0.620. The SMILES string of the molecule is Clc1nc(CSc2ccccc2Br)nc2sccc12. The van der Waals surface area contributed by atoms with Crippen LogP contribution in [0.3, 0.4) is 0 Å². The molecule has 19 heavy (non-hydrogen) atoms. The van der Waals surface area contributed by atoms with Crippen LogP contribution in [0.4, 0.5) is 0 Å². The van der Waals surface area contributed by atoms with Gasteiger partial charge in [0.25, 0.3) is 0 Å². The zero-order chi connectivity index (χ0) is 13.2. The van der Waals surface area contributed by atoms with Crippen molar-refractivity contribution < 1.29 is 0 Å². The molecule has 0 aliphatic carbocycles. The second-order valence-electron chi connectivity index (χ2n) is 3.79. The van der Waals surface area contributed by atoms with Gasteiger partial charge in [-0.3, -0.25) is 0 Å². The molecular weight excluding hydrogens is 364 g/mol. The zero-order valence-corrected chi connectivity index (χ0v) is 13.6. The van der Waals surface area contributed by atoms with Crippen molar-refractivity contribution in [2.45, 2.75) is 10.6 Å². The average molecular weight is 372 g/mol. The summed E-state index contributed by atoms with van der Waals surface area (Å²) in [6.45, 7) is 0. The van der Waals surface area contributed by atoms with Gasteiger partial charge in [0.2, 0.25) is 0 Å². The van der Waals surface area contributed by atoms with Crippen molar-refractivity contribution in [1.29, 1.82) is 0 Å². The third-order valence-corrected chi connectivity index (χ3v) is 5.64. The summed E-state index contributed by atoms with van der Waals surface area (Å²) in [6.07, 6.45) is 0. The van der Waals surface area contributed by atoms with Crippen molar-refractivity contribution >= 4 is 60.8 Å². The van der Waals surface area contributed by atoms with Crippen molar-refractivity contribution in [1.82, 2.24) is 9.97 Å². The molecule has 0 saturated heterocycles. The Morgan fingerprint density at radius 3 is 2.89 bits per heavy atom. The third kappa shape index (κ3) is 2.94. The maximum atomic E-state index is 6.15. The van der Waals surface area contributed by atoms with Crippen molar-refractivity contribution in [2.75, 3.05) is 0 Å². The van der Waals surface area contributed by atoms with Crippen LogP contribution in [0.25, 0.3) is 10.2 Å². The minimum absolute atomic E-state index is 0.536. The maximum absolute atomic E-state index is 6.15. The Bertz CT molecular complexity index is 729. The summed E-state index contributed by atoms with van der Waals surface area (Å²) in [4.78, 5) is 11.0. The van der Waals surface area contributed by atoms with Crippen LogP contribution in [0, 0.1) is 0 Å². The first-order valence-electron chi connectivity index (χ1n) is 5.51. The van der Waals surface area contributed by atoms with Crippen LogP contribution in [0.1, 0.15) is 5.82 Å². The van der Waals surface area contributed by atoms with E-state index in [-0.39, 0.29) is 0 Å². The topological polar surface area (TPSA) is 25.8 Å². The highest BCUT2D eigenvalue weighted by molar-refractivity contribution is 9.10. The smallest absolute Gasteiger partial charge is 0.142 e. The summed E-state index contributed by atoms with van der Waals surface area (Å²) in [6, 6.07) is 10.1. The molecule has 0 radical (unpaired) electrons. The van der Waals surface area contributed by atoms with Gasteiger partial charge in [0, 0.05) is 14.8 Å². The van der Waals surface area contributed by atoms with Gasteiger partial charge in [0.15, 0.2) is 0 Å². The number of thioether (sulfide) groups is 1. The molecule has 0 unspecified atom stereocenters. The van der Waals surface area contributed by atoms with Crippen LogP contribution in [-0.4, -0.2) is 9.97 Å². The van der Waals surface area contributed by atoms with Gasteiger partial charge in [-0.2, -0.15) is 0 Å². The van der Waals surface area contributed by atoms with Gasteiger partial charge in [-0.1, -0.05) is 23.7 Å². The Balaban J connectivity index is 1.84. The molecular formula is C13H8BrClN2S2. The number of hydrogen-bond acceptors (Lipinski definition) is 4. The van der Waals surface area contributed by atoms with Crippen molar-refractivity contribution in [3.63, 3.8) is 0 Å². The van der Waals surface area contributed by atoms with Gasteiger partial charge in [0.05, 0.1) is 5.75 Å². The maximum Gasteiger partial charge on any atom is 0.142 e. The highest BCUT2D eigenvalue weighted by atomic mass is 79.9. The summed E-state index contributed by atoms with van der Waals surface area (Å²) in [7, 11) is 0. The molecule has 0 bridgehead atoms. The molecule has 0 spiro atoms. The van der Waals surface area contributed by atoms with Crippen molar-refractivity contribution in [3.8, 4) is 0 Å². The van der Waals surface area contributed by atoms with E-state index < -0.39 is 0 Å². The molecule has 0 amide bonds. The van der Waals surface area contributed by atoms with E-state index in [2.05, 4.69) is 32.0 Å². The van der Waals surface area contributed by atoms with Crippen molar-refractivity contribution in [2.24, 2.45) is 0 Å². The Labute approximate surface area is 132 Å². The summed E-state index contributed by atoms with van der Waals surface area (Å²) < 4.78 is 1.09. The van der Waals surface area contributed by atoms with Crippen LogP contribution < -0.4 is 0 Å². The van der Waals surface area contributed by atoms with E-state index in [1.807, 2.05) is 29.6 Å². The number of aromatic nitrogens is 2. The third-order valence-electron chi connectivity index (χ3n) is 2.52. The predicted molar refractivity (Wildman–Crippen MR) is 86.1 cm³/mol. The van der Waals surface area contributed by atoms with Gasteiger partial charge in [0.1, 0.15) is 15.8 Å². The first-order valence-corrected chi connectivity index (χ1v) is 8.54. The Morgan fingerprint density at radius 2 is 2.05 bits per heavy atom. The molecule has 0 saturated carbocycles. The number of benzene rings is 1. The summed E-state index contributed by atoms with van der Waals surface area (Å²) in [5.41, 5.74) is 0. The van der Waals surface area contributed by atoms with E-state index >= 15 is 0 Å². The molecule has 3 aromatic rings. The van der Waals surface area contributed by atoms with E-state index in [1.165, 1.54) is 4.90 Å². The van der Waals surface area contributed by atoms with Gasteiger partial charge in [-0.25, -0.2) is 9.97 Å². The molecule has 6 heteroatoms. The predicted octanol–water partition coefficient (Wildman–Crippen LogP) is 5.40. The number of nitrogens with zero attached hydrogens (tertiary/aromatic N) is 2. The molecule has 0 N–H and O–H groups in total. The molecule has 96 valence electrons. The molecule has 1 aromatic carbocycles. The van der Waals surface area contributed by atoms with Crippen LogP contribution in [-0.2, 0) is 5.75 Å². The quantitative estimate of drug-likeness (QED) is 0.455. The Kier molecular flexibility index (Phi) is 4.07.